The SMILES string of the molecule is Cc1c(OCCCNCc2ccncc2)cccc1-c1cccc(OCCCN2CCCC2)c1C. The van der Waals surface area contributed by atoms with Crippen molar-refractivity contribution >= 4 is 0 Å². The van der Waals surface area contributed by atoms with Crippen LogP contribution in [0.2, 0.25) is 0 Å². The quantitative estimate of drug-likeness (QED) is 0.319. The van der Waals surface area contributed by atoms with Crippen molar-refractivity contribution in [3.05, 3.63) is 77.6 Å². The molecule has 186 valence electrons. The van der Waals surface area contributed by atoms with Crippen LogP contribution in [-0.4, -0.2) is 49.3 Å². The number of hydrogen-bond acceptors (Lipinski definition) is 5. The van der Waals surface area contributed by atoms with Gasteiger partial charge < -0.3 is 19.7 Å². The number of rotatable bonds is 13. The minimum absolute atomic E-state index is 0.687. The molecule has 1 N–H and O–H groups in total. The predicted octanol–water partition coefficient (Wildman–Crippen LogP) is 5.79. The highest BCUT2D eigenvalue weighted by Crippen LogP contribution is 2.35. The van der Waals surface area contributed by atoms with Gasteiger partial charge in [0, 0.05) is 25.5 Å². The van der Waals surface area contributed by atoms with Crippen LogP contribution < -0.4 is 14.8 Å². The van der Waals surface area contributed by atoms with E-state index in [0.717, 1.165) is 50.6 Å². The Morgan fingerprint density at radius 2 is 1.40 bits per heavy atom. The Kier molecular flexibility index (Phi) is 9.56. The Morgan fingerprint density at radius 1 is 0.800 bits per heavy atom. The normalized spacial score (nSPS) is 13.8. The molecule has 1 saturated heterocycles. The smallest absolute Gasteiger partial charge is 0.122 e. The Bertz CT molecular complexity index is 1050. The van der Waals surface area contributed by atoms with Crippen molar-refractivity contribution in [2.75, 3.05) is 39.4 Å². The molecule has 0 bridgehead atoms. The first kappa shape index (κ1) is 25.2. The van der Waals surface area contributed by atoms with Crippen LogP contribution in [0.15, 0.2) is 60.9 Å². The standard InChI is InChI=1S/C30H39N3O2/c1-24-27(9-5-11-29(24)34-21-7-15-32-23-26-13-16-31-17-14-26)28-10-6-12-30(25(28)2)35-22-8-20-33-18-3-4-19-33/h5-6,9-14,16-17,32H,3-4,7-8,15,18-23H2,1-2H3. The molecule has 1 aromatic heterocycles. The van der Waals surface area contributed by atoms with Crippen LogP contribution in [0.25, 0.3) is 11.1 Å². The van der Waals surface area contributed by atoms with E-state index in [9.17, 15) is 0 Å². The predicted molar refractivity (Wildman–Crippen MR) is 143 cm³/mol. The number of hydrogen-bond donors (Lipinski definition) is 1. The number of ether oxygens (including phenoxy) is 2. The summed E-state index contributed by atoms with van der Waals surface area (Å²) in [5, 5.41) is 3.47. The van der Waals surface area contributed by atoms with Crippen molar-refractivity contribution < 1.29 is 9.47 Å². The lowest BCUT2D eigenvalue weighted by molar-refractivity contribution is 0.262. The van der Waals surface area contributed by atoms with Gasteiger partial charge in [0.1, 0.15) is 11.5 Å². The molecular weight excluding hydrogens is 434 g/mol. The molecule has 1 fully saturated rings. The van der Waals surface area contributed by atoms with Crippen molar-refractivity contribution in [1.29, 1.82) is 0 Å². The summed E-state index contributed by atoms with van der Waals surface area (Å²) in [5.74, 6) is 1.93. The number of nitrogens with zero attached hydrogens (tertiary/aromatic N) is 2. The van der Waals surface area contributed by atoms with Gasteiger partial charge in [0.25, 0.3) is 0 Å². The molecule has 5 heteroatoms. The topological polar surface area (TPSA) is 46.6 Å². The maximum atomic E-state index is 6.19. The molecule has 0 amide bonds. The van der Waals surface area contributed by atoms with E-state index in [4.69, 9.17) is 9.47 Å². The zero-order valence-corrected chi connectivity index (χ0v) is 21.3. The lowest BCUT2D eigenvalue weighted by atomic mass is 9.95. The van der Waals surface area contributed by atoms with Crippen molar-refractivity contribution in [3.8, 4) is 22.6 Å². The van der Waals surface area contributed by atoms with E-state index >= 15 is 0 Å². The third kappa shape index (κ3) is 7.30. The van der Waals surface area contributed by atoms with Crippen LogP contribution in [-0.2, 0) is 6.54 Å². The van der Waals surface area contributed by atoms with E-state index in [0.29, 0.717) is 6.61 Å². The van der Waals surface area contributed by atoms with E-state index in [1.165, 1.54) is 53.7 Å². The fourth-order valence-corrected chi connectivity index (χ4v) is 4.71. The molecule has 0 unspecified atom stereocenters. The molecule has 0 aliphatic carbocycles. The van der Waals surface area contributed by atoms with Gasteiger partial charge in [0.15, 0.2) is 0 Å². The second-order valence-corrected chi connectivity index (χ2v) is 9.34. The Morgan fingerprint density at radius 3 is 2.03 bits per heavy atom. The lowest BCUT2D eigenvalue weighted by Crippen LogP contribution is -2.22. The lowest BCUT2D eigenvalue weighted by Gasteiger charge is -2.18. The summed E-state index contributed by atoms with van der Waals surface area (Å²) in [5.41, 5.74) is 6.03. The molecule has 0 spiro atoms. The zero-order valence-electron chi connectivity index (χ0n) is 21.3. The number of pyridine rings is 1. The monoisotopic (exact) mass is 473 g/mol. The molecule has 3 aromatic rings. The first-order valence-electron chi connectivity index (χ1n) is 13.0. The Labute approximate surface area is 210 Å². The van der Waals surface area contributed by atoms with Gasteiger partial charge in [0.2, 0.25) is 0 Å². The second-order valence-electron chi connectivity index (χ2n) is 9.34. The van der Waals surface area contributed by atoms with Gasteiger partial charge in [0.05, 0.1) is 13.2 Å². The number of likely N-dealkylation sites (tertiary alicyclic amines) is 1. The molecule has 35 heavy (non-hydrogen) atoms. The number of aromatic nitrogens is 1. The summed E-state index contributed by atoms with van der Waals surface area (Å²) in [6.45, 7) is 11.1. The third-order valence-corrected chi connectivity index (χ3v) is 6.77. The minimum Gasteiger partial charge on any atom is -0.493 e. The molecule has 2 heterocycles. The van der Waals surface area contributed by atoms with Gasteiger partial charge in [-0.15, -0.1) is 0 Å². The molecule has 0 atom stereocenters. The maximum Gasteiger partial charge on any atom is 0.122 e. The van der Waals surface area contributed by atoms with Crippen LogP contribution in [0.4, 0.5) is 0 Å². The number of nitrogens with one attached hydrogen (secondary N) is 1. The first-order valence-corrected chi connectivity index (χ1v) is 13.0. The average molecular weight is 474 g/mol. The van der Waals surface area contributed by atoms with Gasteiger partial charge in [-0.2, -0.15) is 0 Å². The molecule has 4 rings (SSSR count). The molecule has 0 radical (unpaired) electrons. The van der Waals surface area contributed by atoms with Crippen LogP contribution in [0.3, 0.4) is 0 Å². The van der Waals surface area contributed by atoms with Crippen molar-refractivity contribution in [2.45, 2.75) is 46.1 Å². The largest absolute Gasteiger partial charge is 0.493 e. The molecule has 1 aliphatic rings. The van der Waals surface area contributed by atoms with Gasteiger partial charge in [-0.05, 0) is 111 Å². The van der Waals surface area contributed by atoms with Gasteiger partial charge in [-0.1, -0.05) is 24.3 Å². The van der Waals surface area contributed by atoms with Gasteiger partial charge in [-0.25, -0.2) is 0 Å². The highest BCUT2D eigenvalue weighted by atomic mass is 16.5. The first-order chi connectivity index (χ1) is 17.2. The highest BCUT2D eigenvalue weighted by Gasteiger charge is 2.13. The summed E-state index contributed by atoms with van der Waals surface area (Å²) in [4.78, 5) is 6.60. The number of benzene rings is 2. The molecule has 5 nitrogen and oxygen atoms in total. The van der Waals surface area contributed by atoms with E-state index in [1.807, 2.05) is 24.5 Å². The summed E-state index contributed by atoms with van der Waals surface area (Å²) < 4.78 is 12.4. The molecule has 1 aliphatic heterocycles. The van der Waals surface area contributed by atoms with E-state index < -0.39 is 0 Å². The fraction of sp³-hybridized carbons (Fsp3) is 0.433. The van der Waals surface area contributed by atoms with E-state index in [-0.39, 0.29) is 0 Å². The summed E-state index contributed by atoms with van der Waals surface area (Å²) in [7, 11) is 0. The van der Waals surface area contributed by atoms with Crippen molar-refractivity contribution in [2.24, 2.45) is 0 Å². The van der Waals surface area contributed by atoms with Gasteiger partial charge >= 0.3 is 0 Å². The van der Waals surface area contributed by atoms with Crippen LogP contribution in [0.5, 0.6) is 11.5 Å². The zero-order chi connectivity index (χ0) is 24.3. The van der Waals surface area contributed by atoms with E-state index in [2.05, 4.69) is 65.4 Å². The maximum absolute atomic E-state index is 6.19. The van der Waals surface area contributed by atoms with E-state index in [1.54, 1.807) is 0 Å². The van der Waals surface area contributed by atoms with Crippen LogP contribution >= 0.6 is 0 Å². The summed E-state index contributed by atoms with van der Waals surface area (Å²) in [6.07, 6.45) is 8.36. The van der Waals surface area contributed by atoms with Crippen LogP contribution in [0.1, 0.15) is 42.4 Å². The average Bonchev–Trinajstić information content (AvgIpc) is 3.40. The molecular formula is C30H39N3O2. The van der Waals surface area contributed by atoms with Crippen molar-refractivity contribution in [3.63, 3.8) is 0 Å². The fourth-order valence-electron chi connectivity index (χ4n) is 4.71. The van der Waals surface area contributed by atoms with Gasteiger partial charge in [-0.3, -0.25) is 4.98 Å². The molecule has 2 aromatic carbocycles. The second kappa shape index (κ2) is 13.3. The highest BCUT2D eigenvalue weighted by molar-refractivity contribution is 5.74. The van der Waals surface area contributed by atoms with Crippen molar-refractivity contribution in [1.82, 2.24) is 15.2 Å². The summed E-state index contributed by atoms with van der Waals surface area (Å²) >= 11 is 0. The minimum atomic E-state index is 0.687. The Hall–Kier alpha value is -2.89. The molecule has 0 saturated carbocycles. The third-order valence-electron chi connectivity index (χ3n) is 6.77. The van der Waals surface area contributed by atoms with Crippen LogP contribution in [0, 0.1) is 13.8 Å². The Balaban J connectivity index is 1.28. The summed E-state index contributed by atoms with van der Waals surface area (Å²) in [6, 6.07) is 16.8.